The van der Waals surface area contributed by atoms with E-state index in [1.54, 1.807) is 6.92 Å². The van der Waals surface area contributed by atoms with Gasteiger partial charge in [0, 0.05) is 0 Å². The summed E-state index contributed by atoms with van der Waals surface area (Å²) in [5.41, 5.74) is 0.155. The monoisotopic (exact) mass is 240 g/mol. The second kappa shape index (κ2) is 4.37. The second-order valence-electron chi connectivity index (χ2n) is 4.19. The van der Waals surface area contributed by atoms with Crippen molar-refractivity contribution in [1.29, 1.82) is 0 Å². The SMILES string of the molecule is Cc1ncc(Cl)c(C(=O)OCC2CC2C)n1. The zero-order valence-electron chi connectivity index (χ0n) is 9.24. The first kappa shape index (κ1) is 11.3. The summed E-state index contributed by atoms with van der Waals surface area (Å²) in [7, 11) is 0. The van der Waals surface area contributed by atoms with Gasteiger partial charge in [0.05, 0.1) is 17.8 Å². The molecular formula is C11H13ClN2O2. The molecule has 2 unspecified atom stereocenters. The number of aromatic nitrogens is 2. The summed E-state index contributed by atoms with van der Waals surface area (Å²) < 4.78 is 5.14. The van der Waals surface area contributed by atoms with Crippen LogP contribution in [0.1, 0.15) is 29.7 Å². The molecule has 5 heteroatoms. The van der Waals surface area contributed by atoms with Crippen LogP contribution in [-0.2, 0) is 4.74 Å². The van der Waals surface area contributed by atoms with E-state index in [0.29, 0.717) is 24.3 Å². The fraction of sp³-hybridized carbons (Fsp3) is 0.545. The van der Waals surface area contributed by atoms with E-state index in [2.05, 4.69) is 16.9 Å². The number of esters is 1. The minimum absolute atomic E-state index is 0.155. The van der Waals surface area contributed by atoms with Gasteiger partial charge >= 0.3 is 5.97 Å². The fourth-order valence-corrected chi connectivity index (χ4v) is 1.65. The molecule has 0 amide bonds. The molecule has 1 fully saturated rings. The van der Waals surface area contributed by atoms with Crippen molar-refractivity contribution in [3.63, 3.8) is 0 Å². The van der Waals surface area contributed by atoms with Gasteiger partial charge in [-0.25, -0.2) is 14.8 Å². The number of hydrogen-bond donors (Lipinski definition) is 0. The van der Waals surface area contributed by atoms with Gasteiger partial charge in [-0.3, -0.25) is 0 Å². The third-order valence-corrected chi connectivity index (χ3v) is 3.04. The van der Waals surface area contributed by atoms with Crippen molar-refractivity contribution in [2.24, 2.45) is 11.8 Å². The Bertz CT molecular complexity index is 422. The van der Waals surface area contributed by atoms with Crippen molar-refractivity contribution in [3.8, 4) is 0 Å². The summed E-state index contributed by atoms with van der Waals surface area (Å²) >= 11 is 5.82. The summed E-state index contributed by atoms with van der Waals surface area (Å²) in [6.07, 6.45) is 2.55. The highest BCUT2D eigenvalue weighted by Crippen LogP contribution is 2.37. The van der Waals surface area contributed by atoms with Crippen LogP contribution in [0.25, 0.3) is 0 Å². The molecule has 1 aliphatic carbocycles. The predicted molar refractivity (Wildman–Crippen MR) is 59.3 cm³/mol. The van der Waals surface area contributed by atoms with Crippen molar-refractivity contribution in [2.45, 2.75) is 20.3 Å². The zero-order chi connectivity index (χ0) is 11.7. The molecule has 0 bridgehead atoms. The van der Waals surface area contributed by atoms with Gasteiger partial charge < -0.3 is 4.74 Å². The summed E-state index contributed by atoms with van der Waals surface area (Å²) in [4.78, 5) is 19.5. The highest BCUT2D eigenvalue weighted by molar-refractivity contribution is 6.33. The van der Waals surface area contributed by atoms with E-state index in [9.17, 15) is 4.79 Å². The standard InChI is InChI=1S/C11H13ClN2O2/c1-6-3-8(6)5-16-11(15)10-9(12)4-13-7(2)14-10/h4,6,8H,3,5H2,1-2H3. The normalized spacial score (nSPS) is 22.9. The highest BCUT2D eigenvalue weighted by atomic mass is 35.5. The Balaban J connectivity index is 1.99. The lowest BCUT2D eigenvalue weighted by molar-refractivity contribution is 0.0474. The number of carbonyl (C=O) groups is 1. The third-order valence-electron chi connectivity index (χ3n) is 2.76. The second-order valence-corrected chi connectivity index (χ2v) is 4.59. The van der Waals surface area contributed by atoms with Gasteiger partial charge in [0.15, 0.2) is 5.69 Å². The number of halogens is 1. The van der Waals surface area contributed by atoms with Crippen LogP contribution in [0, 0.1) is 18.8 Å². The number of aryl methyl sites for hydroxylation is 1. The van der Waals surface area contributed by atoms with E-state index >= 15 is 0 Å². The van der Waals surface area contributed by atoms with E-state index in [1.165, 1.54) is 6.20 Å². The predicted octanol–water partition coefficient (Wildman–Crippen LogP) is 2.25. The van der Waals surface area contributed by atoms with Crippen LogP contribution in [0.2, 0.25) is 5.02 Å². The summed E-state index contributed by atoms with van der Waals surface area (Å²) in [6.45, 7) is 4.30. The third kappa shape index (κ3) is 2.50. The van der Waals surface area contributed by atoms with Gasteiger partial charge in [0.2, 0.25) is 0 Å². The first-order valence-corrected chi connectivity index (χ1v) is 5.62. The molecule has 1 aliphatic rings. The van der Waals surface area contributed by atoms with E-state index in [1.807, 2.05) is 0 Å². The summed E-state index contributed by atoms with van der Waals surface area (Å²) in [5, 5.41) is 0.236. The molecular weight excluding hydrogens is 228 g/mol. The topological polar surface area (TPSA) is 52.1 Å². The highest BCUT2D eigenvalue weighted by Gasteiger charge is 2.33. The Morgan fingerprint density at radius 2 is 2.38 bits per heavy atom. The van der Waals surface area contributed by atoms with Gasteiger partial charge in [-0.2, -0.15) is 0 Å². The molecule has 0 radical (unpaired) electrons. The number of ether oxygens (including phenoxy) is 1. The van der Waals surface area contributed by atoms with Crippen LogP contribution in [0.5, 0.6) is 0 Å². The number of carbonyl (C=O) groups excluding carboxylic acids is 1. The molecule has 1 aromatic rings. The Labute approximate surface area is 99.0 Å². The van der Waals surface area contributed by atoms with Crippen LogP contribution in [0.4, 0.5) is 0 Å². The van der Waals surface area contributed by atoms with Crippen LogP contribution in [-0.4, -0.2) is 22.5 Å². The summed E-state index contributed by atoms with van der Waals surface area (Å²) in [5.74, 6) is 1.21. The minimum Gasteiger partial charge on any atom is -0.461 e. The number of hydrogen-bond acceptors (Lipinski definition) is 4. The Morgan fingerprint density at radius 3 is 3.00 bits per heavy atom. The quantitative estimate of drug-likeness (QED) is 0.761. The molecule has 0 N–H and O–H groups in total. The minimum atomic E-state index is -0.463. The largest absolute Gasteiger partial charge is 0.461 e. The molecule has 1 saturated carbocycles. The number of rotatable bonds is 3. The summed E-state index contributed by atoms with van der Waals surface area (Å²) in [6, 6.07) is 0. The molecule has 1 aromatic heterocycles. The van der Waals surface area contributed by atoms with Crippen LogP contribution in [0.3, 0.4) is 0 Å². The van der Waals surface area contributed by atoms with Gasteiger partial charge in [0.1, 0.15) is 5.82 Å². The molecule has 4 nitrogen and oxygen atoms in total. The molecule has 2 atom stereocenters. The van der Waals surface area contributed by atoms with Crippen molar-refractivity contribution in [2.75, 3.05) is 6.61 Å². The van der Waals surface area contributed by atoms with Crippen molar-refractivity contribution in [1.82, 2.24) is 9.97 Å². The maximum Gasteiger partial charge on any atom is 0.358 e. The lowest BCUT2D eigenvalue weighted by Gasteiger charge is -2.05. The average Bonchev–Trinajstić information content (AvgIpc) is 2.95. The smallest absolute Gasteiger partial charge is 0.358 e. The average molecular weight is 241 g/mol. The van der Waals surface area contributed by atoms with Crippen LogP contribution >= 0.6 is 11.6 Å². The lowest BCUT2D eigenvalue weighted by atomic mass is 10.3. The van der Waals surface area contributed by atoms with Gasteiger partial charge in [-0.1, -0.05) is 18.5 Å². The van der Waals surface area contributed by atoms with Crippen molar-refractivity contribution in [3.05, 3.63) is 22.7 Å². The van der Waals surface area contributed by atoms with Crippen LogP contribution in [0.15, 0.2) is 6.20 Å². The van der Waals surface area contributed by atoms with E-state index in [4.69, 9.17) is 16.3 Å². The maximum atomic E-state index is 11.7. The molecule has 1 heterocycles. The van der Waals surface area contributed by atoms with E-state index in [-0.39, 0.29) is 10.7 Å². The molecule has 2 rings (SSSR count). The first-order valence-electron chi connectivity index (χ1n) is 5.24. The van der Waals surface area contributed by atoms with E-state index in [0.717, 1.165) is 6.42 Å². The Hall–Kier alpha value is -1.16. The van der Waals surface area contributed by atoms with Gasteiger partial charge in [-0.15, -0.1) is 0 Å². The molecule has 0 aromatic carbocycles. The zero-order valence-corrected chi connectivity index (χ0v) is 9.99. The lowest BCUT2D eigenvalue weighted by Crippen LogP contribution is -2.11. The Morgan fingerprint density at radius 1 is 1.69 bits per heavy atom. The van der Waals surface area contributed by atoms with Crippen LogP contribution < -0.4 is 0 Å². The molecule has 0 saturated heterocycles. The molecule has 86 valence electrons. The fourth-order valence-electron chi connectivity index (χ4n) is 1.48. The molecule has 16 heavy (non-hydrogen) atoms. The first-order chi connectivity index (χ1) is 7.58. The van der Waals surface area contributed by atoms with E-state index < -0.39 is 5.97 Å². The van der Waals surface area contributed by atoms with Gasteiger partial charge in [0.25, 0.3) is 0 Å². The van der Waals surface area contributed by atoms with Crippen molar-refractivity contribution >= 4 is 17.6 Å². The molecule has 0 aliphatic heterocycles. The Kier molecular flexibility index (Phi) is 3.10. The number of nitrogens with zero attached hydrogens (tertiary/aromatic N) is 2. The maximum absolute atomic E-state index is 11.7. The van der Waals surface area contributed by atoms with Gasteiger partial charge in [-0.05, 0) is 25.2 Å². The van der Waals surface area contributed by atoms with Crippen molar-refractivity contribution < 1.29 is 9.53 Å². The molecule has 0 spiro atoms.